The summed E-state index contributed by atoms with van der Waals surface area (Å²) in [5, 5.41) is 2.70. The second-order valence-corrected chi connectivity index (χ2v) is 7.69. The summed E-state index contributed by atoms with van der Waals surface area (Å²) in [7, 11) is 0. The number of halogens is 3. The van der Waals surface area contributed by atoms with Crippen molar-refractivity contribution in [2.24, 2.45) is 0 Å². The van der Waals surface area contributed by atoms with Gasteiger partial charge < -0.3 is 20.7 Å². The minimum Gasteiger partial charge on any atom is -0.406 e. The lowest BCUT2D eigenvalue weighted by molar-refractivity contribution is -0.274. The van der Waals surface area contributed by atoms with Gasteiger partial charge in [-0.15, -0.1) is 13.2 Å². The Balaban J connectivity index is 1.73. The van der Waals surface area contributed by atoms with Gasteiger partial charge in [-0.05, 0) is 56.7 Å². The average molecular weight is 459 g/mol. The van der Waals surface area contributed by atoms with Crippen LogP contribution < -0.4 is 15.8 Å². The fourth-order valence-corrected chi connectivity index (χ4v) is 3.02. The number of carbonyl (C=O) groups is 1. The van der Waals surface area contributed by atoms with Crippen LogP contribution >= 0.6 is 0 Å². The third kappa shape index (κ3) is 6.58. The predicted octanol–water partition coefficient (Wildman–Crippen LogP) is 5.38. The Morgan fingerprint density at radius 2 is 1.88 bits per heavy atom. The van der Waals surface area contributed by atoms with Gasteiger partial charge in [0.25, 0.3) is 0 Å². The Hall–Kier alpha value is -3.82. The number of benzene rings is 2. The van der Waals surface area contributed by atoms with E-state index in [0.29, 0.717) is 23.9 Å². The van der Waals surface area contributed by atoms with Gasteiger partial charge in [0.1, 0.15) is 11.6 Å². The Kier molecular flexibility index (Phi) is 7.05. The first kappa shape index (κ1) is 23.8. The van der Waals surface area contributed by atoms with Gasteiger partial charge in [-0.3, -0.25) is 0 Å². The first-order chi connectivity index (χ1) is 15.5. The lowest BCUT2D eigenvalue weighted by Gasteiger charge is -2.27. The van der Waals surface area contributed by atoms with Crippen molar-refractivity contribution in [1.82, 2.24) is 14.9 Å². The van der Waals surface area contributed by atoms with Crippen molar-refractivity contribution in [2.45, 2.75) is 39.7 Å². The number of rotatable bonds is 6. The van der Waals surface area contributed by atoms with Crippen LogP contribution in [0.25, 0.3) is 11.4 Å². The second kappa shape index (κ2) is 9.76. The zero-order chi connectivity index (χ0) is 24.2. The number of nitrogens with two attached hydrogens (primary N) is 1. The minimum absolute atomic E-state index is 0.146. The van der Waals surface area contributed by atoms with E-state index >= 15 is 0 Å². The van der Waals surface area contributed by atoms with Crippen molar-refractivity contribution in [3.63, 3.8) is 0 Å². The normalized spacial score (nSPS) is 11.4. The van der Waals surface area contributed by atoms with Gasteiger partial charge in [-0.25, -0.2) is 14.8 Å². The molecule has 0 aliphatic heterocycles. The predicted molar refractivity (Wildman–Crippen MR) is 119 cm³/mol. The lowest BCUT2D eigenvalue weighted by Crippen LogP contribution is -2.39. The summed E-state index contributed by atoms with van der Waals surface area (Å²) in [4.78, 5) is 23.1. The largest absolute Gasteiger partial charge is 0.573 e. The standard InChI is InChI=1S/C23H24F3N5O2/c1-14(2)31(22(32)29-18-7-9-19(10-8-18)33-23(24,25)26)13-16-5-4-6-17(11-16)21-28-12-15(3)20(27)30-21/h4-12,14H,13H2,1-3H3,(H,29,32)(H2,27,28,30). The molecule has 0 saturated heterocycles. The zero-order valence-corrected chi connectivity index (χ0v) is 18.3. The highest BCUT2D eigenvalue weighted by atomic mass is 19.4. The Labute approximate surface area is 189 Å². The highest BCUT2D eigenvalue weighted by molar-refractivity contribution is 5.89. The number of aromatic nitrogens is 2. The van der Waals surface area contributed by atoms with Crippen molar-refractivity contribution in [3.8, 4) is 17.1 Å². The van der Waals surface area contributed by atoms with Gasteiger partial charge in [0.2, 0.25) is 0 Å². The van der Waals surface area contributed by atoms with Gasteiger partial charge in [0.05, 0.1) is 0 Å². The molecule has 3 rings (SSSR count). The van der Waals surface area contributed by atoms with Crippen LogP contribution in [0.1, 0.15) is 25.0 Å². The smallest absolute Gasteiger partial charge is 0.406 e. The third-order valence-corrected chi connectivity index (χ3v) is 4.77. The Morgan fingerprint density at radius 3 is 2.48 bits per heavy atom. The zero-order valence-electron chi connectivity index (χ0n) is 18.3. The molecule has 2 amide bonds. The summed E-state index contributed by atoms with van der Waals surface area (Å²) in [5.41, 5.74) is 8.65. The van der Waals surface area contributed by atoms with E-state index in [2.05, 4.69) is 20.0 Å². The molecule has 0 aliphatic carbocycles. The Bertz CT molecular complexity index is 1120. The quantitative estimate of drug-likeness (QED) is 0.517. The fraction of sp³-hybridized carbons (Fsp3) is 0.261. The number of ether oxygens (including phenoxy) is 1. The van der Waals surface area contributed by atoms with Crippen molar-refractivity contribution < 1.29 is 22.7 Å². The molecule has 174 valence electrons. The fourth-order valence-electron chi connectivity index (χ4n) is 3.02. The van der Waals surface area contributed by atoms with Gasteiger partial charge >= 0.3 is 12.4 Å². The van der Waals surface area contributed by atoms with E-state index in [-0.39, 0.29) is 11.8 Å². The van der Waals surface area contributed by atoms with Gasteiger partial charge in [-0.2, -0.15) is 0 Å². The SMILES string of the molecule is Cc1cnc(-c2cccc(CN(C(=O)Nc3ccc(OC(F)(F)F)cc3)C(C)C)c2)nc1N. The maximum absolute atomic E-state index is 12.9. The average Bonchev–Trinajstić information content (AvgIpc) is 2.74. The number of urea groups is 1. The number of carbonyl (C=O) groups excluding carboxylic acids is 1. The van der Waals surface area contributed by atoms with E-state index in [0.717, 1.165) is 28.8 Å². The molecule has 0 atom stereocenters. The van der Waals surface area contributed by atoms with Crippen LogP contribution in [-0.2, 0) is 6.54 Å². The second-order valence-electron chi connectivity index (χ2n) is 7.69. The number of nitrogens with one attached hydrogen (secondary N) is 1. The van der Waals surface area contributed by atoms with Crippen LogP contribution in [0.2, 0.25) is 0 Å². The van der Waals surface area contributed by atoms with Gasteiger partial charge in [-0.1, -0.05) is 18.2 Å². The first-order valence-electron chi connectivity index (χ1n) is 10.1. The highest BCUT2D eigenvalue weighted by Crippen LogP contribution is 2.25. The maximum atomic E-state index is 12.9. The number of amides is 2. The summed E-state index contributed by atoms with van der Waals surface area (Å²) in [6, 6.07) is 11.9. The van der Waals surface area contributed by atoms with E-state index in [1.807, 2.05) is 45.0 Å². The van der Waals surface area contributed by atoms with Crippen molar-refractivity contribution in [2.75, 3.05) is 11.1 Å². The number of aryl methyl sites for hydroxylation is 1. The van der Waals surface area contributed by atoms with Crippen molar-refractivity contribution in [3.05, 3.63) is 65.9 Å². The van der Waals surface area contributed by atoms with Crippen LogP contribution in [-0.4, -0.2) is 33.3 Å². The molecule has 0 fully saturated rings. The summed E-state index contributed by atoms with van der Waals surface area (Å²) >= 11 is 0. The van der Waals surface area contributed by atoms with Crippen molar-refractivity contribution in [1.29, 1.82) is 0 Å². The lowest BCUT2D eigenvalue weighted by atomic mass is 10.1. The molecule has 0 radical (unpaired) electrons. The molecule has 3 N–H and O–H groups in total. The molecule has 0 aliphatic rings. The number of alkyl halides is 3. The van der Waals surface area contributed by atoms with Crippen LogP contribution in [0.4, 0.5) is 29.5 Å². The molecular formula is C23H24F3N5O2. The van der Waals surface area contributed by atoms with E-state index < -0.39 is 12.4 Å². The van der Waals surface area contributed by atoms with Gasteiger partial charge in [0, 0.05) is 35.6 Å². The molecule has 1 heterocycles. The molecule has 7 nitrogen and oxygen atoms in total. The number of anilines is 2. The van der Waals surface area contributed by atoms with Gasteiger partial charge in [0.15, 0.2) is 5.82 Å². The molecule has 1 aromatic heterocycles. The molecule has 0 saturated carbocycles. The van der Waals surface area contributed by atoms with E-state index in [1.54, 1.807) is 11.1 Å². The summed E-state index contributed by atoms with van der Waals surface area (Å²) in [5.74, 6) is 0.527. The van der Waals surface area contributed by atoms with Crippen molar-refractivity contribution >= 4 is 17.5 Å². The highest BCUT2D eigenvalue weighted by Gasteiger charge is 2.31. The number of nitrogen functional groups attached to an aromatic ring is 1. The van der Waals surface area contributed by atoms with Crippen LogP contribution in [0.5, 0.6) is 5.75 Å². The maximum Gasteiger partial charge on any atom is 0.573 e. The number of hydrogen-bond donors (Lipinski definition) is 2. The van der Waals surface area contributed by atoms with Crippen LogP contribution in [0, 0.1) is 6.92 Å². The number of hydrogen-bond acceptors (Lipinski definition) is 5. The summed E-state index contributed by atoms with van der Waals surface area (Å²) < 4.78 is 40.8. The molecule has 33 heavy (non-hydrogen) atoms. The van der Waals surface area contributed by atoms with E-state index in [1.165, 1.54) is 12.1 Å². The molecular weight excluding hydrogens is 435 g/mol. The topological polar surface area (TPSA) is 93.4 Å². The molecule has 10 heteroatoms. The Morgan fingerprint density at radius 1 is 1.18 bits per heavy atom. The molecule has 2 aromatic carbocycles. The monoisotopic (exact) mass is 459 g/mol. The third-order valence-electron chi connectivity index (χ3n) is 4.77. The number of nitrogens with zero attached hydrogens (tertiary/aromatic N) is 3. The molecule has 0 spiro atoms. The van der Waals surface area contributed by atoms with E-state index in [9.17, 15) is 18.0 Å². The summed E-state index contributed by atoms with van der Waals surface area (Å²) in [6.07, 6.45) is -3.12. The minimum atomic E-state index is -4.77. The van der Waals surface area contributed by atoms with Crippen LogP contribution in [0.3, 0.4) is 0 Å². The molecule has 3 aromatic rings. The molecule has 0 unspecified atom stereocenters. The first-order valence-corrected chi connectivity index (χ1v) is 10.1. The molecule has 0 bridgehead atoms. The van der Waals surface area contributed by atoms with E-state index in [4.69, 9.17) is 5.73 Å². The summed E-state index contributed by atoms with van der Waals surface area (Å²) in [6.45, 7) is 5.86. The van der Waals surface area contributed by atoms with Crippen LogP contribution in [0.15, 0.2) is 54.7 Å².